The van der Waals surface area contributed by atoms with Crippen molar-refractivity contribution in [1.29, 1.82) is 0 Å². The number of fused-ring (bicyclic) bond motifs is 1. The van der Waals surface area contributed by atoms with Gasteiger partial charge in [-0.15, -0.1) is 0 Å². The van der Waals surface area contributed by atoms with Crippen molar-refractivity contribution in [2.75, 3.05) is 13.1 Å². The van der Waals surface area contributed by atoms with Gasteiger partial charge in [-0.25, -0.2) is 9.50 Å². The summed E-state index contributed by atoms with van der Waals surface area (Å²) in [4.78, 5) is 35.0. The smallest absolute Gasteiger partial charge is 0.222 e. The molecule has 1 aliphatic heterocycles. The van der Waals surface area contributed by atoms with Crippen LogP contribution in [-0.2, 0) is 22.6 Å². The molecule has 1 saturated heterocycles. The Morgan fingerprint density at radius 2 is 2.00 bits per heavy atom. The first kappa shape index (κ1) is 21.9. The van der Waals surface area contributed by atoms with Gasteiger partial charge >= 0.3 is 0 Å². The molecule has 1 aliphatic rings. The molecule has 1 atom stereocenters. The molecule has 4 rings (SSSR count). The van der Waals surface area contributed by atoms with E-state index in [4.69, 9.17) is 10.1 Å². The SMILES string of the molecule is CCC(=O)N1CCC(c2cc3nc(C)c(CCC(=O)NCc4ccncc4)c(C)n3n2)C1. The summed E-state index contributed by atoms with van der Waals surface area (Å²) in [6, 6.07) is 5.82. The standard InChI is InChI=1S/C24H30N6O2/c1-4-24(32)29-12-9-19(15-29)21-13-22-27-16(2)20(17(3)30(22)28-21)5-6-23(31)26-14-18-7-10-25-11-8-18/h7-8,10-11,13,19H,4-6,9,12,14-15H2,1-3H3,(H,26,31). The third kappa shape index (κ3) is 4.64. The molecule has 8 nitrogen and oxygen atoms in total. The minimum Gasteiger partial charge on any atom is -0.352 e. The summed E-state index contributed by atoms with van der Waals surface area (Å²) >= 11 is 0. The lowest BCUT2D eigenvalue weighted by molar-refractivity contribution is -0.129. The number of carbonyl (C=O) groups is 2. The molecule has 0 aliphatic carbocycles. The van der Waals surface area contributed by atoms with E-state index in [1.807, 2.05) is 48.4 Å². The molecule has 8 heteroatoms. The maximum atomic E-state index is 12.4. The van der Waals surface area contributed by atoms with Crippen molar-refractivity contribution in [1.82, 2.24) is 29.8 Å². The van der Waals surface area contributed by atoms with Crippen LogP contribution in [0.1, 0.15) is 60.3 Å². The molecule has 3 aromatic rings. The van der Waals surface area contributed by atoms with Crippen LogP contribution in [-0.4, -0.2) is 49.4 Å². The summed E-state index contributed by atoms with van der Waals surface area (Å²) in [5, 5.41) is 7.79. The lowest BCUT2D eigenvalue weighted by Crippen LogP contribution is -2.27. The Kier molecular flexibility index (Phi) is 6.48. The fraction of sp³-hybridized carbons (Fsp3) is 0.458. The molecule has 3 aromatic heterocycles. The number of aromatic nitrogens is 4. The second kappa shape index (κ2) is 9.46. The predicted molar refractivity (Wildman–Crippen MR) is 121 cm³/mol. The molecule has 0 radical (unpaired) electrons. The summed E-state index contributed by atoms with van der Waals surface area (Å²) in [5.74, 6) is 0.453. The van der Waals surface area contributed by atoms with Crippen LogP contribution >= 0.6 is 0 Å². The molecular formula is C24H30N6O2. The van der Waals surface area contributed by atoms with Crippen molar-refractivity contribution in [3.05, 3.63) is 58.8 Å². The lowest BCUT2D eigenvalue weighted by Gasteiger charge is -2.14. The maximum absolute atomic E-state index is 12.4. The Morgan fingerprint density at radius 3 is 2.75 bits per heavy atom. The quantitative estimate of drug-likeness (QED) is 0.617. The number of hydrogen-bond donors (Lipinski definition) is 1. The van der Waals surface area contributed by atoms with Crippen LogP contribution in [0.4, 0.5) is 0 Å². The van der Waals surface area contributed by atoms with Crippen molar-refractivity contribution >= 4 is 17.5 Å². The van der Waals surface area contributed by atoms with Crippen LogP contribution in [0.2, 0.25) is 0 Å². The minimum atomic E-state index is 0.00787. The average Bonchev–Trinajstić information content (AvgIpc) is 3.45. The maximum Gasteiger partial charge on any atom is 0.222 e. The highest BCUT2D eigenvalue weighted by Gasteiger charge is 2.28. The Hall–Kier alpha value is -3.29. The molecule has 0 bridgehead atoms. The second-order valence-electron chi connectivity index (χ2n) is 8.41. The first-order valence-corrected chi connectivity index (χ1v) is 11.3. The van der Waals surface area contributed by atoms with E-state index >= 15 is 0 Å². The van der Waals surface area contributed by atoms with E-state index in [9.17, 15) is 9.59 Å². The summed E-state index contributed by atoms with van der Waals surface area (Å²) in [6.45, 7) is 7.93. The molecule has 1 fully saturated rings. The van der Waals surface area contributed by atoms with Crippen molar-refractivity contribution in [3.8, 4) is 0 Å². The molecule has 0 saturated carbocycles. The topological polar surface area (TPSA) is 92.5 Å². The fourth-order valence-electron chi connectivity index (χ4n) is 4.39. The third-order valence-corrected chi connectivity index (χ3v) is 6.29. The average molecular weight is 435 g/mol. The molecule has 1 N–H and O–H groups in total. The van der Waals surface area contributed by atoms with Gasteiger partial charge in [-0.1, -0.05) is 6.92 Å². The molecule has 168 valence electrons. The number of carbonyl (C=O) groups excluding carboxylic acids is 2. The highest BCUT2D eigenvalue weighted by atomic mass is 16.2. The summed E-state index contributed by atoms with van der Waals surface area (Å²) < 4.78 is 1.89. The number of rotatable bonds is 7. The lowest BCUT2D eigenvalue weighted by atomic mass is 10.1. The van der Waals surface area contributed by atoms with Gasteiger partial charge in [-0.05, 0) is 49.9 Å². The highest BCUT2D eigenvalue weighted by Crippen LogP contribution is 2.28. The van der Waals surface area contributed by atoms with Crippen LogP contribution in [0.5, 0.6) is 0 Å². The van der Waals surface area contributed by atoms with E-state index in [1.165, 1.54) is 0 Å². The molecule has 32 heavy (non-hydrogen) atoms. The van der Waals surface area contributed by atoms with Crippen LogP contribution in [0.3, 0.4) is 0 Å². The van der Waals surface area contributed by atoms with E-state index in [-0.39, 0.29) is 17.7 Å². The van der Waals surface area contributed by atoms with Crippen LogP contribution in [0.25, 0.3) is 5.65 Å². The number of nitrogens with one attached hydrogen (secondary N) is 1. The summed E-state index contributed by atoms with van der Waals surface area (Å²) in [7, 11) is 0. The zero-order valence-electron chi connectivity index (χ0n) is 19.0. The predicted octanol–water partition coefficient (Wildman–Crippen LogP) is 2.72. The van der Waals surface area contributed by atoms with Crippen molar-refractivity contribution in [3.63, 3.8) is 0 Å². The molecule has 0 aromatic carbocycles. The van der Waals surface area contributed by atoms with Gasteiger partial charge in [0.2, 0.25) is 11.8 Å². The van der Waals surface area contributed by atoms with Crippen LogP contribution in [0, 0.1) is 13.8 Å². The van der Waals surface area contributed by atoms with Gasteiger partial charge in [0.15, 0.2) is 5.65 Å². The zero-order valence-corrected chi connectivity index (χ0v) is 19.0. The largest absolute Gasteiger partial charge is 0.352 e. The highest BCUT2D eigenvalue weighted by molar-refractivity contribution is 5.76. The second-order valence-corrected chi connectivity index (χ2v) is 8.41. The van der Waals surface area contributed by atoms with Crippen LogP contribution in [0.15, 0.2) is 30.6 Å². The van der Waals surface area contributed by atoms with Gasteiger partial charge in [0.05, 0.1) is 5.69 Å². The van der Waals surface area contributed by atoms with Gasteiger partial charge in [0, 0.05) is 68.2 Å². The summed E-state index contributed by atoms with van der Waals surface area (Å²) in [6.07, 6.45) is 5.91. The number of likely N-dealkylation sites (tertiary alicyclic amines) is 1. The van der Waals surface area contributed by atoms with Crippen molar-refractivity contribution in [2.45, 2.75) is 58.9 Å². The normalized spacial score (nSPS) is 16.0. The van der Waals surface area contributed by atoms with Gasteiger partial charge < -0.3 is 10.2 Å². The van der Waals surface area contributed by atoms with Gasteiger partial charge in [-0.3, -0.25) is 14.6 Å². The van der Waals surface area contributed by atoms with E-state index in [0.717, 1.165) is 53.4 Å². The van der Waals surface area contributed by atoms with E-state index in [1.54, 1.807) is 12.4 Å². The monoisotopic (exact) mass is 434 g/mol. The molecular weight excluding hydrogens is 404 g/mol. The van der Waals surface area contributed by atoms with E-state index < -0.39 is 0 Å². The zero-order chi connectivity index (χ0) is 22.7. The van der Waals surface area contributed by atoms with Crippen molar-refractivity contribution in [2.24, 2.45) is 0 Å². The van der Waals surface area contributed by atoms with E-state index in [2.05, 4.69) is 10.3 Å². The minimum absolute atomic E-state index is 0.00787. The Labute approximate surface area is 188 Å². The fourth-order valence-corrected chi connectivity index (χ4v) is 4.39. The number of amides is 2. The number of nitrogens with zero attached hydrogens (tertiary/aromatic N) is 5. The number of aryl methyl sites for hydroxylation is 2. The Morgan fingerprint density at radius 1 is 1.22 bits per heavy atom. The first-order chi connectivity index (χ1) is 15.5. The Balaban J connectivity index is 1.44. The molecule has 2 amide bonds. The first-order valence-electron chi connectivity index (χ1n) is 11.3. The molecule has 1 unspecified atom stereocenters. The number of hydrogen-bond acceptors (Lipinski definition) is 5. The summed E-state index contributed by atoms with van der Waals surface area (Å²) in [5.41, 5.74) is 5.83. The van der Waals surface area contributed by atoms with Gasteiger partial charge in [-0.2, -0.15) is 5.10 Å². The van der Waals surface area contributed by atoms with Gasteiger partial charge in [0.1, 0.15) is 0 Å². The Bertz CT molecular complexity index is 1120. The van der Waals surface area contributed by atoms with E-state index in [0.29, 0.717) is 25.8 Å². The van der Waals surface area contributed by atoms with Crippen LogP contribution < -0.4 is 5.32 Å². The van der Waals surface area contributed by atoms with Crippen molar-refractivity contribution < 1.29 is 9.59 Å². The molecule has 0 spiro atoms. The third-order valence-electron chi connectivity index (χ3n) is 6.29. The van der Waals surface area contributed by atoms with Gasteiger partial charge in [0.25, 0.3) is 0 Å². The molecule has 4 heterocycles. The number of pyridine rings is 1.